The van der Waals surface area contributed by atoms with Crippen molar-refractivity contribution < 1.29 is 33.3 Å². The smallest absolute Gasteiger partial charge is 0.214 e. The molecule has 12 heavy (non-hydrogen) atoms. The molecule has 0 amide bonds. The average Bonchev–Trinajstić information content (AvgIpc) is 2.67. The summed E-state index contributed by atoms with van der Waals surface area (Å²) in [6, 6.07) is 20.0. The van der Waals surface area contributed by atoms with Gasteiger partial charge in [0, 0.05) is 16.5 Å². The van der Waals surface area contributed by atoms with E-state index in [2.05, 4.69) is 0 Å². The molecule has 0 fully saturated rings. The Bertz CT molecular complexity index is 149. The molecule has 0 saturated carbocycles. The molecule has 0 unspecified atom stereocenters. The molecule has 0 aliphatic carbocycles. The zero-order chi connectivity index (χ0) is 7.07. The molecule has 0 heterocycles. The first-order chi connectivity index (χ1) is 5.00. The number of hydrogen-bond acceptors (Lipinski definition) is 0. The zero-order valence-electron chi connectivity index (χ0n) is 6.42. The molecule has 0 spiro atoms. The molecule has 0 aliphatic heterocycles. The van der Waals surface area contributed by atoms with Crippen LogP contribution in [0.5, 0.6) is 0 Å². The minimum absolute atomic E-state index is 0. The normalized spacial score (nSPS) is 6.67. The van der Waals surface area contributed by atoms with Gasteiger partial charge in [-0.2, -0.15) is 36.4 Å². The van der Waals surface area contributed by atoms with E-state index in [0.717, 1.165) is 0 Å². The third-order valence-corrected chi connectivity index (χ3v) is 1.11. The van der Waals surface area contributed by atoms with Crippen LogP contribution in [0.25, 0.3) is 0 Å². The Labute approximate surface area is 93.8 Å². The Morgan fingerprint density at radius 3 is 0.917 bits per heavy atom. The van der Waals surface area contributed by atoms with Crippen molar-refractivity contribution in [1.29, 1.82) is 0 Å². The van der Waals surface area contributed by atoms with Crippen molar-refractivity contribution in [2.24, 2.45) is 0 Å². The van der Waals surface area contributed by atoms with E-state index in [4.69, 9.17) is 0 Å². The maximum Gasteiger partial charge on any atom is 2.00 e. The topological polar surface area (TPSA) is 0 Å². The second-order valence-corrected chi connectivity index (χ2v) is 1.92. The first-order valence-corrected chi connectivity index (χ1v) is 3.33. The fraction of sp³-hybridized carbons (Fsp3) is 0. The molecule has 1 radical (unpaired) electrons. The van der Waals surface area contributed by atoms with E-state index in [9.17, 15) is 0 Å². The molecular weight excluding hydrogens is 238 g/mol. The SMILES string of the molecule is [Co+2].[Ni].c1cc[cH-]c1.c1cc[cH-]c1. The Balaban J connectivity index is 0. The summed E-state index contributed by atoms with van der Waals surface area (Å²) in [7, 11) is 0. The van der Waals surface area contributed by atoms with Crippen LogP contribution < -0.4 is 0 Å². The Morgan fingerprint density at radius 1 is 0.583 bits per heavy atom. The summed E-state index contributed by atoms with van der Waals surface area (Å²) in [4.78, 5) is 0. The molecule has 2 aromatic carbocycles. The Kier molecular flexibility index (Phi) is 12.7. The molecular formula is C10H10CoNi. The van der Waals surface area contributed by atoms with Crippen LogP contribution in [0.15, 0.2) is 60.7 Å². The summed E-state index contributed by atoms with van der Waals surface area (Å²) < 4.78 is 0. The molecule has 0 nitrogen and oxygen atoms in total. The van der Waals surface area contributed by atoms with Crippen LogP contribution in [0.1, 0.15) is 0 Å². The molecule has 2 rings (SSSR count). The number of hydrogen-bond donors (Lipinski definition) is 0. The zero-order valence-corrected chi connectivity index (χ0v) is 8.45. The van der Waals surface area contributed by atoms with Crippen LogP contribution in [0.4, 0.5) is 0 Å². The maximum atomic E-state index is 2.00. The van der Waals surface area contributed by atoms with Gasteiger partial charge < -0.3 is 0 Å². The second-order valence-electron chi connectivity index (χ2n) is 1.92. The molecule has 0 bridgehead atoms. The van der Waals surface area contributed by atoms with E-state index >= 15 is 0 Å². The van der Waals surface area contributed by atoms with Gasteiger partial charge in [0.1, 0.15) is 0 Å². The molecule has 2 aromatic rings. The summed E-state index contributed by atoms with van der Waals surface area (Å²) in [5, 5.41) is 0. The molecule has 69 valence electrons. The van der Waals surface area contributed by atoms with Crippen LogP contribution in [0.3, 0.4) is 0 Å². The Morgan fingerprint density at radius 2 is 0.833 bits per heavy atom. The van der Waals surface area contributed by atoms with Crippen LogP contribution >= 0.6 is 0 Å². The first kappa shape index (κ1) is 14.2. The summed E-state index contributed by atoms with van der Waals surface area (Å²) >= 11 is 0. The van der Waals surface area contributed by atoms with Gasteiger partial charge in [0.05, 0.1) is 0 Å². The molecule has 0 aromatic heterocycles. The van der Waals surface area contributed by atoms with Crippen molar-refractivity contribution in [3.05, 3.63) is 60.7 Å². The van der Waals surface area contributed by atoms with Crippen molar-refractivity contribution >= 4 is 0 Å². The average molecular weight is 248 g/mol. The molecule has 0 aliphatic rings. The third kappa shape index (κ3) is 7.80. The third-order valence-electron chi connectivity index (χ3n) is 1.11. The molecule has 0 saturated heterocycles. The van der Waals surface area contributed by atoms with Gasteiger partial charge >= 0.3 is 16.8 Å². The van der Waals surface area contributed by atoms with Gasteiger partial charge in [-0.1, -0.05) is 0 Å². The van der Waals surface area contributed by atoms with Crippen LogP contribution in [-0.4, -0.2) is 0 Å². The summed E-state index contributed by atoms with van der Waals surface area (Å²) in [6.45, 7) is 0. The van der Waals surface area contributed by atoms with Gasteiger partial charge in [0.25, 0.3) is 0 Å². The summed E-state index contributed by atoms with van der Waals surface area (Å²) in [6.07, 6.45) is 0. The number of rotatable bonds is 0. The van der Waals surface area contributed by atoms with E-state index < -0.39 is 0 Å². The van der Waals surface area contributed by atoms with Gasteiger partial charge in [0.15, 0.2) is 0 Å². The van der Waals surface area contributed by atoms with Gasteiger partial charge in [-0.15, -0.1) is 0 Å². The van der Waals surface area contributed by atoms with Crippen LogP contribution in [-0.2, 0) is 33.3 Å². The molecule has 2 heteroatoms. The van der Waals surface area contributed by atoms with Crippen molar-refractivity contribution in [3.8, 4) is 0 Å². The fourth-order valence-electron chi connectivity index (χ4n) is 0.642. The summed E-state index contributed by atoms with van der Waals surface area (Å²) in [5.74, 6) is 0. The van der Waals surface area contributed by atoms with Crippen molar-refractivity contribution in [1.82, 2.24) is 0 Å². The van der Waals surface area contributed by atoms with Gasteiger partial charge in [-0.05, 0) is 0 Å². The molecule has 0 N–H and O–H groups in total. The van der Waals surface area contributed by atoms with Crippen molar-refractivity contribution in [2.75, 3.05) is 0 Å². The second kappa shape index (κ2) is 10.7. The minimum Gasteiger partial charge on any atom is -0.214 e. The van der Waals surface area contributed by atoms with Crippen molar-refractivity contribution in [3.63, 3.8) is 0 Å². The predicted molar refractivity (Wildman–Crippen MR) is 44.1 cm³/mol. The van der Waals surface area contributed by atoms with Crippen molar-refractivity contribution in [2.45, 2.75) is 0 Å². The van der Waals surface area contributed by atoms with E-state index in [-0.39, 0.29) is 33.3 Å². The van der Waals surface area contributed by atoms with E-state index in [1.165, 1.54) is 0 Å². The first-order valence-electron chi connectivity index (χ1n) is 3.33. The van der Waals surface area contributed by atoms with Crippen LogP contribution in [0, 0.1) is 0 Å². The monoisotopic (exact) mass is 247 g/mol. The van der Waals surface area contributed by atoms with E-state index in [1.54, 1.807) is 0 Å². The Hall–Kier alpha value is -0.300. The standard InChI is InChI=1S/2C5H5.Co.Ni/c2*1-2-4-5-3-1;;/h2*1-5H;;/q2*-1;+2;. The van der Waals surface area contributed by atoms with Gasteiger partial charge in [-0.25, -0.2) is 24.3 Å². The fourth-order valence-corrected chi connectivity index (χ4v) is 0.642. The summed E-state index contributed by atoms with van der Waals surface area (Å²) in [5.41, 5.74) is 0. The van der Waals surface area contributed by atoms with Crippen LogP contribution in [0.2, 0.25) is 0 Å². The predicted octanol–water partition coefficient (Wildman–Crippen LogP) is 2.81. The van der Waals surface area contributed by atoms with E-state index in [0.29, 0.717) is 0 Å². The molecule has 0 atom stereocenters. The maximum absolute atomic E-state index is 2.00. The van der Waals surface area contributed by atoms with Gasteiger partial charge in [-0.3, -0.25) is 0 Å². The quantitative estimate of drug-likeness (QED) is 0.496. The minimum atomic E-state index is 0. The van der Waals surface area contributed by atoms with E-state index in [1.807, 2.05) is 60.7 Å². The van der Waals surface area contributed by atoms with Gasteiger partial charge in [0.2, 0.25) is 0 Å². The largest absolute Gasteiger partial charge is 2.00 e.